The first-order chi connectivity index (χ1) is 13.0. The molecule has 0 unspecified atom stereocenters. The minimum Gasteiger partial charge on any atom is -0.371 e. The molecule has 2 saturated heterocycles. The van der Waals surface area contributed by atoms with Crippen molar-refractivity contribution in [2.75, 3.05) is 36.5 Å². The predicted molar refractivity (Wildman–Crippen MR) is 92.6 cm³/mol. The minimum atomic E-state index is -4.46. The summed E-state index contributed by atoms with van der Waals surface area (Å²) in [4.78, 5) is 9.75. The number of nitrogens with one attached hydrogen (secondary N) is 1. The molecule has 2 atom stereocenters. The van der Waals surface area contributed by atoms with Gasteiger partial charge in [-0.05, 0) is 24.3 Å². The molecular formula is C18H19F3N4O2. The van der Waals surface area contributed by atoms with E-state index in [-0.39, 0.29) is 24.1 Å². The summed E-state index contributed by atoms with van der Waals surface area (Å²) in [6.07, 6.45) is -3.18. The van der Waals surface area contributed by atoms with Crippen molar-refractivity contribution in [1.82, 2.24) is 9.97 Å². The normalized spacial score (nSPS) is 23.7. The van der Waals surface area contributed by atoms with E-state index >= 15 is 0 Å². The van der Waals surface area contributed by atoms with Gasteiger partial charge in [-0.15, -0.1) is 0 Å². The number of nitrogens with zero attached hydrogens (tertiary/aromatic N) is 3. The Balaban J connectivity index is 1.38. The van der Waals surface area contributed by atoms with Gasteiger partial charge in [0.15, 0.2) is 0 Å². The van der Waals surface area contributed by atoms with Crippen LogP contribution in [0, 0.1) is 0 Å². The highest BCUT2D eigenvalue weighted by atomic mass is 19.4. The van der Waals surface area contributed by atoms with E-state index in [9.17, 15) is 13.2 Å². The zero-order chi connectivity index (χ0) is 18.9. The molecule has 27 heavy (non-hydrogen) atoms. The van der Waals surface area contributed by atoms with Crippen LogP contribution >= 0.6 is 0 Å². The fourth-order valence-corrected chi connectivity index (χ4v) is 3.28. The molecule has 1 N–H and O–H groups in total. The van der Waals surface area contributed by atoms with E-state index in [0.717, 1.165) is 11.9 Å². The van der Waals surface area contributed by atoms with Crippen LogP contribution in [0.2, 0.25) is 0 Å². The van der Waals surface area contributed by atoms with Gasteiger partial charge < -0.3 is 19.7 Å². The Morgan fingerprint density at radius 2 is 1.74 bits per heavy atom. The minimum absolute atomic E-state index is 0.0365. The number of aromatic nitrogens is 2. The maximum Gasteiger partial charge on any atom is 0.433 e. The van der Waals surface area contributed by atoms with Crippen molar-refractivity contribution in [2.24, 2.45) is 0 Å². The molecule has 2 aromatic rings. The van der Waals surface area contributed by atoms with E-state index in [2.05, 4.69) is 15.3 Å². The number of ether oxygens (including phenoxy) is 2. The van der Waals surface area contributed by atoms with Crippen LogP contribution in [0.25, 0.3) is 0 Å². The molecule has 0 spiro atoms. The van der Waals surface area contributed by atoms with Gasteiger partial charge in [0.2, 0.25) is 0 Å². The zero-order valence-electron chi connectivity index (χ0n) is 14.4. The third kappa shape index (κ3) is 4.14. The number of anilines is 2. The first-order valence-electron chi connectivity index (χ1n) is 8.69. The predicted octanol–water partition coefficient (Wildman–Crippen LogP) is 2.58. The molecule has 6 nitrogen and oxygen atoms in total. The van der Waals surface area contributed by atoms with E-state index in [4.69, 9.17) is 9.47 Å². The van der Waals surface area contributed by atoms with E-state index in [0.29, 0.717) is 26.3 Å². The van der Waals surface area contributed by atoms with Crippen molar-refractivity contribution in [2.45, 2.75) is 24.4 Å². The first-order valence-corrected chi connectivity index (χ1v) is 8.69. The van der Waals surface area contributed by atoms with Gasteiger partial charge in [0.1, 0.15) is 29.5 Å². The molecule has 0 amide bonds. The molecular weight excluding hydrogens is 361 g/mol. The highest BCUT2D eigenvalue weighted by Crippen LogP contribution is 2.30. The van der Waals surface area contributed by atoms with Crippen molar-refractivity contribution in [1.29, 1.82) is 0 Å². The Bertz CT molecular complexity index is 759. The van der Waals surface area contributed by atoms with Crippen LogP contribution in [0.1, 0.15) is 5.69 Å². The van der Waals surface area contributed by atoms with Crippen LogP contribution in [0.3, 0.4) is 0 Å². The van der Waals surface area contributed by atoms with Gasteiger partial charge in [-0.3, -0.25) is 0 Å². The van der Waals surface area contributed by atoms with E-state index in [1.165, 1.54) is 6.07 Å². The van der Waals surface area contributed by atoms with Gasteiger partial charge in [-0.25, -0.2) is 9.97 Å². The van der Waals surface area contributed by atoms with Gasteiger partial charge in [0.05, 0.1) is 19.3 Å². The van der Waals surface area contributed by atoms with Gasteiger partial charge in [-0.1, -0.05) is 12.1 Å². The van der Waals surface area contributed by atoms with E-state index in [1.807, 2.05) is 18.2 Å². The van der Waals surface area contributed by atoms with Crippen molar-refractivity contribution in [3.63, 3.8) is 0 Å². The van der Waals surface area contributed by atoms with E-state index in [1.54, 1.807) is 17.2 Å². The van der Waals surface area contributed by atoms with Gasteiger partial charge in [-0.2, -0.15) is 13.2 Å². The summed E-state index contributed by atoms with van der Waals surface area (Å²) in [6, 6.07) is 9.48. The molecule has 2 aromatic heterocycles. The first kappa shape index (κ1) is 18.0. The number of halogens is 3. The average Bonchev–Trinajstić information content (AvgIpc) is 2.99. The lowest BCUT2D eigenvalue weighted by Crippen LogP contribution is -2.31. The summed E-state index contributed by atoms with van der Waals surface area (Å²) in [7, 11) is 0. The number of alkyl halides is 3. The lowest BCUT2D eigenvalue weighted by atomic mass is 10.3. The quantitative estimate of drug-likeness (QED) is 0.883. The Labute approximate surface area is 154 Å². The lowest BCUT2D eigenvalue weighted by molar-refractivity contribution is -0.141. The van der Waals surface area contributed by atoms with Crippen LogP contribution in [-0.2, 0) is 15.7 Å². The highest BCUT2D eigenvalue weighted by molar-refractivity contribution is 5.42. The van der Waals surface area contributed by atoms with Crippen LogP contribution in [0.15, 0.2) is 42.6 Å². The van der Waals surface area contributed by atoms with Crippen molar-refractivity contribution >= 4 is 11.6 Å². The van der Waals surface area contributed by atoms with E-state index < -0.39 is 11.9 Å². The third-order valence-electron chi connectivity index (χ3n) is 4.60. The highest BCUT2D eigenvalue weighted by Gasteiger charge is 2.39. The van der Waals surface area contributed by atoms with Crippen molar-refractivity contribution in [3.8, 4) is 0 Å². The fourth-order valence-electron chi connectivity index (χ4n) is 3.28. The molecule has 2 aliphatic heterocycles. The van der Waals surface area contributed by atoms with Gasteiger partial charge in [0, 0.05) is 19.3 Å². The summed E-state index contributed by atoms with van der Waals surface area (Å²) >= 11 is 0. The molecule has 144 valence electrons. The maximum atomic E-state index is 12.9. The second-order valence-electron chi connectivity index (χ2n) is 6.58. The molecule has 0 radical (unpaired) electrons. The summed E-state index contributed by atoms with van der Waals surface area (Å²) in [5.41, 5.74) is -0.895. The Morgan fingerprint density at radius 1 is 1.00 bits per heavy atom. The van der Waals surface area contributed by atoms with Crippen LogP contribution < -0.4 is 10.2 Å². The van der Waals surface area contributed by atoms with Crippen LogP contribution in [-0.4, -0.2) is 54.5 Å². The molecule has 0 bridgehead atoms. The fraction of sp³-hybridized carbons (Fsp3) is 0.444. The molecule has 0 saturated carbocycles. The largest absolute Gasteiger partial charge is 0.433 e. The van der Waals surface area contributed by atoms with Crippen molar-refractivity contribution < 1.29 is 22.6 Å². The van der Waals surface area contributed by atoms with Crippen molar-refractivity contribution in [3.05, 3.63) is 48.3 Å². The Hall–Kier alpha value is -2.39. The molecule has 9 heteroatoms. The molecule has 0 aromatic carbocycles. The second-order valence-corrected chi connectivity index (χ2v) is 6.58. The number of fused-ring (bicyclic) bond motifs is 1. The molecule has 4 heterocycles. The smallest absolute Gasteiger partial charge is 0.371 e. The SMILES string of the molecule is FC(F)(F)c1cccc(N2C[C@@H]3OCC(Nc4ccccn4)CO[C@H]3C2)n1. The monoisotopic (exact) mass is 380 g/mol. The number of hydrogen-bond acceptors (Lipinski definition) is 6. The molecule has 2 aliphatic rings. The summed E-state index contributed by atoms with van der Waals surface area (Å²) in [6.45, 7) is 1.74. The topological polar surface area (TPSA) is 59.5 Å². The van der Waals surface area contributed by atoms with Gasteiger partial charge in [0.25, 0.3) is 0 Å². The summed E-state index contributed by atoms with van der Waals surface area (Å²) in [5.74, 6) is 1.03. The number of hydrogen-bond donors (Lipinski definition) is 1. The second kappa shape index (κ2) is 7.32. The average molecular weight is 380 g/mol. The zero-order valence-corrected chi connectivity index (χ0v) is 14.4. The van der Waals surface area contributed by atoms with Crippen LogP contribution in [0.4, 0.5) is 24.8 Å². The third-order valence-corrected chi connectivity index (χ3v) is 4.60. The number of rotatable bonds is 3. The Morgan fingerprint density at radius 3 is 2.37 bits per heavy atom. The molecule has 0 aliphatic carbocycles. The van der Waals surface area contributed by atoms with Gasteiger partial charge >= 0.3 is 6.18 Å². The number of pyridine rings is 2. The Kier molecular flexibility index (Phi) is 4.88. The van der Waals surface area contributed by atoms with Crippen LogP contribution in [0.5, 0.6) is 0 Å². The maximum absolute atomic E-state index is 12.9. The summed E-state index contributed by atoms with van der Waals surface area (Å²) in [5, 5.41) is 3.27. The lowest BCUT2D eigenvalue weighted by Gasteiger charge is -2.21. The molecule has 4 rings (SSSR count). The summed E-state index contributed by atoms with van der Waals surface area (Å²) < 4.78 is 50.6. The molecule has 2 fully saturated rings. The standard InChI is InChI=1S/C18H19F3N4O2/c19-18(20,21)15-4-3-6-17(24-15)25-8-13-14(9-25)27-11-12(10-26-13)23-16-5-1-2-7-22-16/h1-7,12-14H,8-11H2,(H,22,23)/t13-,14-/m0/s1.